The van der Waals surface area contributed by atoms with Crippen LogP contribution in [0.3, 0.4) is 0 Å². The summed E-state index contributed by atoms with van der Waals surface area (Å²) in [7, 11) is 0. The minimum absolute atomic E-state index is 0.0818. The van der Waals surface area contributed by atoms with Crippen molar-refractivity contribution in [3.63, 3.8) is 0 Å². The van der Waals surface area contributed by atoms with Gasteiger partial charge in [0.2, 0.25) is 5.91 Å². The lowest BCUT2D eigenvalue weighted by atomic mass is 10.1. The highest BCUT2D eigenvalue weighted by Crippen LogP contribution is 2.28. The molecule has 0 fully saturated rings. The monoisotopic (exact) mass is 411 g/mol. The number of carbonyl (C=O) groups excluding carboxylic acids is 1. The molecule has 4 nitrogen and oxygen atoms in total. The van der Waals surface area contributed by atoms with Crippen LogP contribution in [0.2, 0.25) is 0 Å². The van der Waals surface area contributed by atoms with Gasteiger partial charge in [-0.1, -0.05) is 67.1 Å². The molecule has 0 saturated heterocycles. The third kappa shape index (κ3) is 4.69. The van der Waals surface area contributed by atoms with Crippen molar-refractivity contribution >= 4 is 11.6 Å². The van der Waals surface area contributed by atoms with E-state index in [9.17, 15) is 4.79 Å². The fraction of sp³-hybridized carbons (Fsp3) is 0.259. The molecule has 31 heavy (non-hydrogen) atoms. The zero-order valence-electron chi connectivity index (χ0n) is 18.4. The molecular formula is C27H29N3O. The summed E-state index contributed by atoms with van der Waals surface area (Å²) in [6, 6.07) is 23.1. The van der Waals surface area contributed by atoms with E-state index >= 15 is 0 Å². The first kappa shape index (κ1) is 20.9. The second kappa shape index (κ2) is 9.17. The van der Waals surface area contributed by atoms with Crippen LogP contribution in [0.15, 0.2) is 72.9 Å². The summed E-state index contributed by atoms with van der Waals surface area (Å²) in [5.74, 6) is 0.0818. The van der Waals surface area contributed by atoms with E-state index in [2.05, 4.69) is 78.3 Å². The van der Waals surface area contributed by atoms with Gasteiger partial charge < -0.3 is 9.72 Å². The lowest BCUT2D eigenvalue weighted by Crippen LogP contribution is -2.32. The standard InChI is InChI=1S/C27H29N3O/c1-4-20(3)28-26(31)17-15-24-27(22-12-10-19(2)11-13-22)29-25-16-14-23(18-30(24)25)21-8-6-5-7-9-21/h5-14,16,18,20H,4,15,17H2,1-3H3,(H,28,31). The Morgan fingerprint density at radius 2 is 1.68 bits per heavy atom. The molecule has 4 heteroatoms. The van der Waals surface area contributed by atoms with Crippen molar-refractivity contribution in [1.29, 1.82) is 0 Å². The number of amides is 1. The average molecular weight is 412 g/mol. The molecule has 0 aliphatic rings. The van der Waals surface area contributed by atoms with E-state index in [4.69, 9.17) is 4.98 Å². The maximum Gasteiger partial charge on any atom is 0.220 e. The maximum absolute atomic E-state index is 12.5. The third-order valence-corrected chi connectivity index (χ3v) is 5.76. The zero-order valence-corrected chi connectivity index (χ0v) is 18.4. The Kier molecular flexibility index (Phi) is 6.17. The van der Waals surface area contributed by atoms with Gasteiger partial charge in [-0.15, -0.1) is 0 Å². The molecule has 1 unspecified atom stereocenters. The number of benzene rings is 2. The fourth-order valence-corrected chi connectivity index (χ4v) is 3.76. The first-order chi connectivity index (χ1) is 15.0. The zero-order chi connectivity index (χ0) is 21.8. The number of hydrogen-bond donors (Lipinski definition) is 1. The summed E-state index contributed by atoms with van der Waals surface area (Å²) in [4.78, 5) is 17.4. The smallest absolute Gasteiger partial charge is 0.220 e. The number of nitrogens with one attached hydrogen (secondary N) is 1. The predicted octanol–water partition coefficient (Wildman–Crippen LogP) is 5.82. The summed E-state index contributed by atoms with van der Waals surface area (Å²) in [5.41, 5.74) is 7.49. The second-order valence-corrected chi connectivity index (χ2v) is 8.16. The van der Waals surface area contributed by atoms with Gasteiger partial charge in [0.1, 0.15) is 5.65 Å². The highest BCUT2D eigenvalue weighted by molar-refractivity contribution is 5.77. The van der Waals surface area contributed by atoms with E-state index in [1.54, 1.807) is 0 Å². The normalized spacial score (nSPS) is 12.1. The molecule has 4 rings (SSSR count). The summed E-state index contributed by atoms with van der Waals surface area (Å²) < 4.78 is 2.15. The molecule has 4 aromatic rings. The first-order valence-corrected chi connectivity index (χ1v) is 11.0. The largest absolute Gasteiger partial charge is 0.354 e. The Hall–Kier alpha value is -3.40. The van der Waals surface area contributed by atoms with Gasteiger partial charge in [-0.3, -0.25) is 4.79 Å². The topological polar surface area (TPSA) is 46.4 Å². The minimum Gasteiger partial charge on any atom is -0.354 e. The van der Waals surface area contributed by atoms with Crippen molar-refractivity contribution in [2.24, 2.45) is 0 Å². The Bertz CT molecular complexity index is 1180. The number of pyridine rings is 1. The Morgan fingerprint density at radius 1 is 0.968 bits per heavy atom. The van der Waals surface area contributed by atoms with Gasteiger partial charge in [0, 0.05) is 24.2 Å². The third-order valence-electron chi connectivity index (χ3n) is 5.76. The van der Waals surface area contributed by atoms with E-state index < -0.39 is 0 Å². The van der Waals surface area contributed by atoms with Crippen LogP contribution in [0.4, 0.5) is 0 Å². The van der Waals surface area contributed by atoms with Gasteiger partial charge in [0.25, 0.3) is 0 Å². The first-order valence-electron chi connectivity index (χ1n) is 11.0. The number of imidazole rings is 1. The molecule has 0 radical (unpaired) electrons. The van der Waals surface area contributed by atoms with Crippen LogP contribution >= 0.6 is 0 Å². The Morgan fingerprint density at radius 3 is 2.39 bits per heavy atom. The number of aromatic nitrogens is 2. The molecular weight excluding hydrogens is 382 g/mol. The van der Waals surface area contributed by atoms with Gasteiger partial charge >= 0.3 is 0 Å². The van der Waals surface area contributed by atoms with E-state index in [0.717, 1.165) is 40.1 Å². The van der Waals surface area contributed by atoms with Crippen LogP contribution in [-0.4, -0.2) is 21.3 Å². The van der Waals surface area contributed by atoms with Crippen molar-refractivity contribution in [2.45, 2.75) is 46.1 Å². The van der Waals surface area contributed by atoms with Gasteiger partial charge in [-0.25, -0.2) is 4.98 Å². The number of nitrogens with zero attached hydrogens (tertiary/aromatic N) is 2. The van der Waals surface area contributed by atoms with E-state index in [1.807, 2.05) is 25.1 Å². The molecule has 2 aromatic carbocycles. The molecule has 158 valence electrons. The Balaban J connectivity index is 1.75. The van der Waals surface area contributed by atoms with Crippen molar-refractivity contribution in [1.82, 2.24) is 14.7 Å². The van der Waals surface area contributed by atoms with Crippen molar-refractivity contribution in [3.8, 4) is 22.4 Å². The van der Waals surface area contributed by atoms with Crippen molar-refractivity contribution < 1.29 is 4.79 Å². The van der Waals surface area contributed by atoms with Crippen LogP contribution < -0.4 is 5.32 Å². The van der Waals surface area contributed by atoms with Gasteiger partial charge in [0.05, 0.1) is 11.4 Å². The number of fused-ring (bicyclic) bond motifs is 1. The highest BCUT2D eigenvalue weighted by atomic mass is 16.1. The minimum atomic E-state index is 0.0818. The molecule has 0 spiro atoms. The molecule has 1 atom stereocenters. The van der Waals surface area contributed by atoms with E-state index in [0.29, 0.717) is 12.8 Å². The molecule has 0 saturated carbocycles. The molecule has 2 aromatic heterocycles. The molecule has 1 amide bonds. The highest BCUT2D eigenvalue weighted by Gasteiger charge is 2.16. The van der Waals surface area contributed by atoms with Crippen LogP contribution in [0.5, 0.6) is 0 Å². The summed E-state index contributed by atoms with van der Waals surface area (Å²) in [6.07, 6.45) is 4.13. The van der Waals surface area contributed by atoms with Crippen molar-refractivity contribution in [2.75, 3.05) is 0 Å². The van der Waals surface area contributed by atoms with Gasteiger partial charge in [-0.05, 0) is 49.9 Å². The van der Waals surface area contributed by atoms with Gasteiger partial charge in [0.15, 0.2) is 0 Å². The molecule has 2 heterocycles. The van der Waals surface area contributed by atoms with Crippen LogP contribution in [0.1, 0.15) is 37.9 Å². The average Bonchev–Trinajstić information content (AvgIpc) is 3.16. The van der Waals surface area contributed by atoms with Crippen molar-refractivity contribution in [3.05, 3.63) is 84.2 Å². The Labute approximate surface area is 184 Å². The molecule has 0 bridgehead atoms. The second-order valence-electron chi connectivity index (χ2n) is 8.16. The van der Waals surface area contributed by atoms with Crippen LogP contribution in [0.25, 0.3) is 28.0 Å². The van der Waals surface area contributed by atoms with Gasteiger partial charge in [-0.2, -0.15) is 0 Å². The lowest BCUT2D eigenvalue weighted by molar-refractivity contribution is -0.121. The quantitative estimate of drug-likeness (QED) is 0.416. The lowest BCUT2D eigenvalue weighted by Gasteiger charge is -2.12. The fourth-order valence-electron chi connectivity index (χ4n) is 3.76. The number of rotatable bonds is 7. The summed E-state index contributed by atoms with van der Waals surface area (Å²) in [6.45, 7) is 6.20. The molecule has 0 aliphatic heterocycles. The molecule has 1 N–H and O–H groups in total. The van der Waals surface area contributed by atoms with Crippen LogP contribution in [0, 0.1) is 6.92 Å². The molecule has 0 aliphatic carbocycles. The number of aryl methyl sites for hydroxylation is 2. The summed E-state index contributed by atoms with van der Waals surface area (Å²) >= 11 is 0. The van der Waals surface area contributed by atoms with Crippen LogP contribution in [-0.2, 0) is 11.2 Å². The predicted molar refractivity (Wildman–Crippen MR) is 127 cm³/mol. The van der Waals surface area contributed by atoms with E-state index in [-0.39, 0.29) is 11.9 Å². The SMILES string of the molecule is CCC(C)NC(=O)CCc1c(-c2ccc(C)cc2)nc2ccc(-c3ccccc3)cn12. The summed E-state index contributed by atoms with van der Waals surface area (Å²) in [5, 5.41) is 3.08. The van der Waals surface area contributed by atoms with E-state index in [1.165, 1.54) is 5.56 Å². The number of hydrogen-bond acceptors (Lipinski definition) is 2. The maximum atomic E-state index is 12.5. The number of carbonyl (C=O) groups is 1.